The van der Waals surface area contributed by atoms with Gasteiger partial charge in [-0.1, -0.05) is 5.16 Å². The molecule has 0 unspecified atom stereocenters. The first kappa shape index (κ1) is 22.9. The molecule has 0 N–H and O–H groups in total. The van der Waals surface area contributed by atoms with Gasteiger partial charge in [0.2, 0.25) is 5.69 Å². The van der Waals surface area contributed by atoms with Crippen LogP contribution in [-0.4, -0.2) is 48.0 Å². The topological polar surface area (TPSA) is 121 Å². The van der Waals surface area contributed by atoms with Crippen LogP contribution in [0.15, 0.2) is 33.7 Å². The molecule has 174 valence electrons. The van der Waals surface area contributed by atoms with E-state index in [0.29, 0.717) is 11.3 Å². The first-order valence-corrected chi connectivity index (χ1v) is 12.5. The highest BCUT2D eigenvalue weighted by Crippen LogP contribution is 2.43. The van der Waals surface area contributed by atoms with Crippen LogP contribution in [0.5, 0.6) is 0 Å². The molecule has 1 aliphatic rings. The molecule has 0 saturated heterocycles. The van der Waals surface area contributed by atoms with Crippen molar-refractivity contribution in [3.05, 3.63) is 63.8 Å². The molecular formula is C23H25N3O6S. The molecule has 9 nitrogen and oxygen atoms in total. The number of nitrogens with zero attached hydrogens (tertiary/aromatic N) is 3. The maximum atomic E-state index is 13.8. The van der Waals surface area contributed by atoms with E-state index in [2.05, 4.69) is 10.3 Å². The molecule has 0 amide bonds. The number of hydrogen-bond donors (Lipinski definition) is 0. The van der Waals surface area contributed by atoms with Crippen molar-refractivity contribution in [1.82, 2.24) is 14.9 Å². The van der Waals surface area contributed by atoms with E-state index >= 15 is 0 Å². The number of aromatic nitrogens is 3. The summed E-state index contributed by atoms with van der Waals surface area (Å²) in [5, 5.41) is 8.28. The maximum absolute atomic E-state index is 13.8. The molecule has 0 atom stereocenters. The Morgan fingerprint density at radius 2 is 1.94 bits per heavy atom. The summed E-state index contributed by atoms with van der Waals surface area (Å²) in [6.45, 7) is 5.71. The van der Waals surface area contributed by atoms with Gasteiger partial charge in [-0.15, -0.1) is 0 Å². The van der Waals surface area contributed by atoms with E-state index in [9.17, 15) is 18.0 Å². The Labute approximate surface area is 191 Å². The molecule has 1 fully saturated rings. The number of benzene rings is 1. The molecule has 2 heterocycles. The van der Waals surface area contributed by atoms with Crippen molar-refractivity contribution < 1.29 is 27.3 Å². The van der Waals surface area contributed by atoms with E-state index in [1.54, 1.807) is 11.6 Å². The molecule has 10 heteroatoms. The van der Waals surface area contributed by atoms with Crippen molar-refractivity contribution >= 4 is 21.6 Å². The molecule has 0 radical (unpaired) electrons. The molecule has 3 aromatic rings. The third kappa shape index (κ3) is 4.61. The highest BCUT2D eigenvalue weighted by molar-refractivity contribution is 7.90. The number of carbonyl (C=O) groups excluding carboxylic acids is 2. The van der Waals surface area contributed by atoms with Gasteiger partial charge in [0.15, 0.2) is 21.4 Å². The normalized spacial score (nSPS) is 13.8. The van der Waals surface area contributed by atoms with Crippen molar-refractivity contribution in [2.75, 3.05) is 12.9 Å². The second kappa shape index (κ2) is 8.58. The lowest BCUT2D eigenvalue weighted by atomic mass is 9.95. The molecule has 0 bridgehead atoms. The summed E-state index contributed by atoms with van der Waals surface area (Å²) in [7, 11) is -3.51. The molecule has 33 heavy (non-hydrogen) atoms. The van der Waals surface area contributed by atoms with E-state index in [0.717, 1.165) is 30.5 Å². The van der Waals surface area contributed by atoms with E-state index in [-0.39, 0.29) is 40.8 Å². The first-order valence-electron chi connectivity index (χ1n) is 10.7. The van der Waals surface area contributed by atoms with E-state index < -0.39 is 21.6 Å². The summed E-state index contributed by atoms with van der Waals surface area (Å²) in [4.78, 5) is 26.3. The smallest absolute Gasteiger partial charge is 0.361 e. The van der Waals surface area contributed by atoms with Crippen molar-refractivity contribution in [1.29, 1.82) is 0 Å². The van der Waals surface area contributed by atoms with Crippen molar-refractivity contribution in [2.24, 2.45) is 0 Å². The second-order valence-electron chi connectivity index (χ2n) is 8.27. The Balaban J connectivity index is 1.85. The molecule has 0 aliphatic heterocycles. The van der Waals surface area contributed by atoms with Gasteiger partial charge in [0.25, 0.3) is 0 Å². The molecule has 0 spiro atoms. The fourth-order valence-corrected chi connectivity index (χ4v) is 4.44. The van der Waals surface area contributed by atoms with Crippen molar-refractivity contribution in [3.63, 3.8) is 0 Å². The molecule has 1 aromatic carbocycles. The minimum Gasteiger partial charge on any atom is -0.461 e. The van der Waals surface area contributed by atoms with Crippen LogP contribution in [-0.2, 0) is 21.1 Å². The number of esters is 1. The van der Waals surface area contributed by atoms with Crippen LogP contribution < -0.4 is 0 Å². The number of rotatable bonds is 8. The fraction of sp³-hybridized carbons (Fsp3) is 0.391. The Morgan fingerprint density at radius 1 is 1.21 bits per heavy atom. The average Bonchev–Trinajstić information content (AvgIpc) is 3.41. The van der Waals surface area contributed by atoms with E-state index in [1.807, 2.05) is 19.9 Å². The highest BCUT2D eigenvalue weighted by Gasteiger charge is 2.38. The van der Waals surface area contributed by atoms with Gasteiger partial charge in [0, 0.05) is 23.4 Å². The van der Waals surface area contributed by atoms with Crippen LogP contribution >= 0.6 is 0 Å². The number of ether oxygens (including phenoxy) is 1. The molecular weight excluding hydrogens is 446 g/mol. The van der Waals surface area contributed by atoms with Gasteiger partial charge in [-0.3, -0.25) is 9.48 Å². The number of hydrogen-bond acceptors (Lipinski definition) is 8. The number of ketones is 1. The van der Waals surface area contributed by atoms with Gasteiger partial charge >= 0.3 is 5.97 Å². The monoisotopic (exact) mass is 471 g/mol. The zero-order chi connectivity index (χ0) is 23.9. The van der Waals surface area contributed by atoms with Crippen molar-refractivity contribution in [3.8, 4) is 0 Å². The van der Waals surface area contributed by atoms with Gasteiger partial charge in [-0.05, 0) is 63.4 Å². The van der Waals surface area contributed by atoms with Crippen LogP contribution in [0.3, 0.4) is 0 Å². The predicted octanol–water partition coefficient (Wildman–Crippen LogP) is 3.22. The standard InChI is InChI=1S/C23H25N3O6S/c1-5-31-23(28)20-19(22(32-25-20)15-6-7-15)21(27)18-9-8-17(33(4,29)30)11-16(18)12-26-14(3)10-13(2)24-26/h8-11,15H,5-7,12H2,1-4H3. The Morgan fingerprint density at radius 3 is 2.52 bits per heavy atom. The van der Waals surface area contributed by atoms with Crippen LogP contribution in [0.2, 0.25) is 0 Å². The summed E-state index contributed by atoms with van der Waals surface area (Å²) in [6.07, 6.45) is 2.79. The molecule has 4 rings (SSSR count). The van der Waals surface area contributed by atoms with Gasteiger partial charge < -0.3 is 9.26 Å². The van der Waals surface area contributed by atoms with Gasteiger partial charge in [0.1, 0.15) is 5.56 Å². The lowest BCUT2D eigenvalue weighted by molar-refractivity contribution is 0.0512. The van der Waals surface area contributed by atoms with E-state index in [1.165, 1.54) is 18.2 Å². The average molecular weight is 472 g/mol. The molecule has 1 aliphatic carbocycles. The van der Waals surface area contributed by atoms with Gasteiger partial charge in [-0.25, -0.2) is 13.2 Å². The van der Waals surface area contributed by atoms with Gasteiger partial charge in [-0.2, -0.15) is 5.10 Å². The van der Waals surface area contributed by atoms with Crippen LogP contribution in [0.4, 0.5) is 0 Å². The summed E-state index contributed by atoms with van der Waals surface area (Å²) in [5.74, 6) is -0.802. The minimum atomic E-state index is -3.51. The second-order valence-corrected chi connectivity index (χ2v) is 10.3. The van der Waals surface area contributed by atoms with Crippen LogP contribution in [0.25, 0.3) is 0 Å². The Hall–Kier alpha value is -3.27. The number of sulfone groups is 1. The largest absolute Gasteiger partial charge is 0.461 e. The quantitative estimate of drug-likeness (QED) is 0.363. The fourth-order valence-electron chi connectivity index (χ4n) is 3.77. The zero-order valence-corrected chi connectivity index (χ0v) is 19.7. The summed E-state index contributed by atoms with van der Waals surface area (Å²) >= 11 is 0. The Kier molecular flexibility index (Phi) is 5.96. The first-order chi connectivity index (χ1) is 15.6. The molecule has 1 saturated carbocycles. The number of aryl methyl sites for hydroxylation is 2. The number of carbonyl (C=O) groups is 2. The third-order valence-corrected chi connectivity index (χ3v) is 6.65. The lowest BCUT2D eigenvalue weighted by Gasteiger charge is -2.13. The maximum Gasteiger partial charge on any atom is 0.361 e. The lowest BCUT2D eigenvalue weighted by Crippen LogP contribution is -2.16. The predicted molar refractivity (Wildman–Crippen MR) is 118 cm³/mol. The SMILES string of the molecule is CCOC(=O)c1noc(C2CC2)c1C(=O)c1ccc(S(C)(=O)=O)cc1Cn1nc(C)cc1C. The van der Waals surface area contributed by atoms with E-state index in [4.69, 9.17) is 9.26 Å². The third-order valence-electron chi connectivity index (χ3n) is 5.54. The molecule has 2 aromatic heterocycles. The summed E-state index contributed by atoms with van der Waals surface area (Å²) in [5.41, 5.74) is 2.31. The van der Waals surface area contributed by atoms with Crippen LogP contribution in [0, 0.1) is 13.8 Å². The van der Waals surface area contributed by atoms with Gasteiger partial charge in [0.05, 0.1) is 23.7 Å². The van der Waals surface area contributed by atoms with Crippen LogP contribution in [0.1, 0.15) is 74.8 Å². The van der Waals surface area contributed by atoms with Crippen molar-refractivity contribution in [2.45, 2.75) is 51.0 Å². The zero-order valence-electron chi connectivity index (χ0n) is 18.9. The summed E-state index contributed by atoms with van der Waals surface area (Å²) < 4.78 is 36.6. The minimum absolute atomic E-state index is 0.0226. The summed E-state index contributed by atoms with van der Waals surface area (Å²) in [6, 6.07) is 6.24. The Bertz CT molecular complexity index is 1350. The highest BCUT2D eigenvalue weighted by atomic mass is 32.2.